The molecular formula is C21H28N8OS. The highest BCUT2D eigenvalue weighted by molar-refractivity contribution is 7.16. The summed E-state index contributed by atoms with van der Waals surface area (Å²) in [5.41, 5.74) is 0.989. The van der Waals surface area contributed by atoms with E-state index < -0.39 is 0 Å². The Labute approximate surface area is 185 Å². The van der Waals surface area contributed by atoms with Gasteiger partial charge in [0, 0.05) is 29.9 Å². The molecule has 0 aromatic carbocycles. The largest absolute Gasteiger partial charge is 0.351 e. The average molecular weight is 441 g/mol. The minimum Gasteiger partial charge on any atom is -0.351 e. The summed E-state index contributed by atoms with van der Waals surface area (Å²) in [6.45, 7) is 2.38. The molecule has 0 spiro atoms. The summed E-state index contributed by atoms with van der Waals surface area (Å²) in [6, 6.07) is 4.82. The molecule has 5 rings (SSSR count). The quantitative estimate of drug-likeness (QED) is 0.466. The average Bonchev–Trinajstić information content (AvgIpc) is 3.36. The van der Waals surface area contributed by atoms with Crippen LogP contribution in [0.2, 0.25) is 0 Å². The Bertz CT molecular complexity index is 1060. The van der Waals surface area contributed by atoms with Crippen molar-refractivity contribution in [2.75, 3.05) is 24.2 Å². The van der Waals surface area contributed by atoms with E-state index >= 15 is 0 Å². The maximum absolute atomic E-state index is 12.6. The molecule has 0 saturated carbocycles. The van der Waals surface area contributed by atoms with E-state index in [4.69, 9.17) is 9.97 Å². The number of carbonyl (C=O) groups is 1. The van der Waals surface area contributed by atoms with Crippen LogP contribution in [0.1, 0.15) is 37.8 Å². The lowest BCUT2D eigenvalue weighted by molar-refractivity contribution is -0.139. The molecule has 10 heteroatoms. The van der Waals surface area contributed by atoms with E-state index in [1.54, 1.807) is 11.3 Å². The van der Waals surface area contributed by atoms with Crippen LogP contribution in [-0.4, -0.2) is 62.7 Å². The molecule has 0 radical (unpaired) electrons. The first-order chi connectivity index (χ1) is 15.1. The molecule has 9 nitrogen and oxygen atoms in total. The molecule has 0 unspecified atom stereocenters. The van der Waals surface area contributed by atoms with Crippen molar-refractivity contribution in [3.05, 3.63) is 23.2 Å². The summed E-state index contributed by atoms with van der Waals surface area (Å²) in [4.78, 5) is 25.2. The number of H-pyrrole nitrogens is 1. The third-order valence-corrected chi connectivity index (χ3v) is 7.01. The SMILES string of the molecule is CNCC(=O)N1[C@@H]2CCC[C@H]1C[C@H](Nc1nc(Nc3cc(C)[nH]n3)c3ccsc3n1)C2. The predicted octanol–water partition coefficient (Wildman–Crippen LogP) is 3.01. The third-order valence-electron chi connectivity index (χ3n) is 6.20. The highest BCUT2D eigenvalue weighted by Crippen LogP contribution is 2.36. The van der Waals surface area contributed by atoms with Crippen LogP contribution in [-0.2, 0) is 4.79 Å². The Morgan fingerprint density at radius 2 is 2.10 bits per heavy atom. The molecule has 2 aliphatic rings. The van der Waals surface area contributed by atoms with Crippen LogP contribution < -0.4 is 16.0 Å². The Kier molecular flexibility index (Phi) is 5.49. The van der Waals surface area contributed by atoms with Crippen LogP contribution in [0.5, 0.6) is 0 Å². The van der Waals surface area contributed by atoms with Crippen LogP contribution in [0, 0.1) is 6.92 Å². The van der Waals surface area contributed by atoms with Crippen molar-refractivity contribution in [2.45, 2.75) is 57.2 Å². The fourth-order valence-electron chi connectivity index (χ4n) is 4.95. The van der Waals surface area contributed by atoms with E-state index in [9.17, 15) is 4.79 Å². The minimum absolute atomic E-state index is 0.215. The van der Waals surface area contributed by atoms with Gasteiger partial charge in [0.1, 0.15) is 10.6 Å². The number of fused-ring (bicyclic) bond motifs is 3. The molecular weight excluding hydrogens is 412 g/mol. The Balaban J connectivity index is 1.35. The molecule has 3 aromatic heterocycles. The number of hydrogen-bond acceptors (Lipinski definition) is 8. The molecule has 3 aromatic rings. The first kappa shape index (κ1) is 20.2. The normalized spacial score (nSPS) is 23.2. The van der Waals surface area contributed by atoms with Gasteiger partial charge in [0.2, 0.25) is 11.9 Å². The molecule has 0 aliphatic carbocycles. The number of rotatable bonds is 6. The molecule has 2 fully saturated rings. The lowest BCUT2D eigenvalue weighted by atomic mass is 9.81. The van der Waals surface area contributed by atoms with E-state index in [0.717, 1.165) is 53.2 Å². The molecule has 31 heavy (non-hydrogen) atoms. The van der Waals surface area contributed by atoms with Crippen LogP contribution in [0.4, 0.5) is 17.6 Å². The van der Waals surface area contributed by atoms with Gasteiger partial charge in [0.15, 0.2) is 5.82 Å². The zero-order chi connectivity index (χ0) is 21.4. The Morgan fingerprint density at radius 1 is 1.29 bits per heavy atom. The monoisotopic (exact) mass is 440 g/mol. The second-order valence-electron chi connectivity index (χ2n) is 8.48. The lowest BCUT2D eigenvalue weighted by Crippen LogP contribution is -2.58. The summed E-state index contributed by atoms with van der Waals surface area (Å²) >= 11 is 1.60. The van der Waals surface area contributed by atoms with Gasteiger partial charge < -0.3 is 20.9 Å². The van der Waals surface area contributed by atoms with Gasteiger partial charge in [-0.3, -0.25) is 9.89 Å². The zero-order valence-corrected chi connectivity index (χ0v) is 18.6. The number of nitrogens with zero attached hydrogens (tertiary/aromatic N) is 4. The van der Waals surface area contributed by atoms with Crippen LogP contribution in [0.15, 0.2) is 17.5 Å². The summed E-state index contributed by atoms with van der Waals surface area (Å²) in [7, 11) is 1.83. The van der Waals surface area contributed by atoms with Gasteiger partial charge in [-0.15, -0.1) is 11.3 Å². The molecule has 1 amide bonds. The van der Waals surface area contributed by atoms with E-state index in [2.05, 4.69) is 31.0 Å². The fourth-order valence-corrected chi connectivity index (χ4v) is 5.71. The maximum atomic E-state index is 12.6. The number of aromatic amines is 1. The Morgan fingerprint density at radius 3 is 2.81 bits per heavy atom. The number of piperidine rings is 2. The molecule has 3 atom stereocenters. The number of amides is 1. The first-order valence-electron chi connectivity index (χ1n) is 10.9. The summed E-state index contributed by atoms with van der Waals surface area (Å²) < 4.78 is 0. The predicted molar refractivity (Wildman–Crippen MR) is 123 cm³/mol. The van der Waals surface area contributed by atoms with Crippen molar-refractivity contribution >= 4 is 45.0 Å². The fraction of sp³-hybridized carbons (Fsp3) is 0.524. The summed E-state index contributed by atoms with van der Waals surface area (Å²) in [6.07, 6.45) is 5.19. The molecule has 4 N–H and O–H groups in total. The van der Waals surface area contributed by atoms with E-state index in [-0.39, 0.29) is 11.9 Å². The topological polar surface area (TPSA) is 111 Å². The van der Waals surface area contributed by atoms with Crippen LogP contribution >= 0.6 is 11.3 Å². The molecule has 5 heterocycles. The van der Waals surface area contributed by atoms with E-state index in [1.165, 1.54) is 6.42 Å². The number of carbonyl (C=O) groups excluding carboxylic acids is 1. The van der Waals surface area contributed by atoms with Gasteiger partial charge in [-0.05, 0) is 57.5 Å². The van der Waals surface area contributed by atoms with E-state index in [1.807, 2.05) is 31.5 Å². The molecule has 2 saturated heterocycles. The number of nitrogens with one attached hydrogen (secondary N) is 4. The number of hydrogen-bond donors (Lipinski definition) is 4. The summed E-state index contributed by atoms with van der Waals surface area (Å²) in [5.74, 6) is 2.33. The molecule has 2 aliphatic heterocycles. The number of anilines is 3. The van der Waals surface area contributed by atoms with Crippen molar-refractivity contribution < 1.29 is 4.79 Å². The number of thiophene rings is 1. The standard InChI is InChI=1S/C21H28N8OS/c1-12-8-17(28-27-12)24-19-16-6-7-31-20(16)26-21(25-19)23-13-9-14-4-3-5-15(10-13)29(14)18(30)11-22-2/h6-8,13-15,22H,3-5,9-11H2,1-2H3,(H3,23,24,25,26,27,28)/t13-,14-,15+. The highest BCUT2D eigenvalue weighted by atomic mass is 32.1. The van der Waals surface area contributed by atoms with Crippen molar-refractivity contribution in [1.82, 2.24) is 30.4 Å². The van der Waals surface area contributed by atoms with Crippen LogP contribution in [0.3, 0.4) is 0 Å². The zero-order valence-electron chi connectivity index (χ0n) is 17.8. The first-order valence-corrected chi connectivity index (χ1v) is 11.7. The second-order valence-corrected chi connectivity index (χ2v) is 9.37. The van der Waals surface area contributed by atoms with Gasteiger partial charge in [-0.2, -0.15) is 10.1 Å². The number of likely N-dealkylation sites (N-methyl/N-ethyl adjacent to an activating group) is 1. The highest BCUT2D eigenvalue weighted by Gasteiger charge is 2.40. The molecule has 164 valence electrons. The van der Waals surface area contributed by atoms with Crippen molar-refractivity contribution in [3.8, 4) is 0 Å². The van der Waals surface area contributed by atoms with Crippen molar-refractivity contribution in [2.24, 2.45) is 0 Å². The maximum Gasteiger partial charge on any atom is 0.237 e. The van der Waals surface area contributed by atoms with Gasteiger partial charge >= 0.3 is 0 Å². The van der Waals surface area contributed by atoms with Gasteiger partial charge in [0.05, 0.1) is 11.9 Å². The lowest BCUT2D eigenvalue weighted by Gasteiger charge is -2.49. The number of aromatic nitrogens is 4. The second kappa shape index (κ2) is 8.43. The third kappa shape index (κ3) is 4.09. The minimum atomic E-state index is 0.215. The Hall–Kier alpha value is -2.72. The van der Waals surface area contributed by atoms with Gasteiger partial charge in [-0.25, -0.2) is 4.98 Å². The van der Waals surface area contributed by atoms with Crippen molar-refractivity contribution in [3.63, 3.8) is 0 Å². The summed E-state index contributed by atoms with van der Waals surface area (Å²) in [5, 5.41) is 20.1. The number of aryl methyl sites for hydroxylation is 1. The van der Waals surface area contributed by atoms with Gasteiger partial charge in [-0.1, -0.05) is 0 Å². The smallest absolute Gasteiger partial charge is 0.237 e. The van der Waals surface area contributed by atoms with Crippen LogP contribution in [0.25, 0.3) is 10.2 Å². The molecule has 2 bridgehead atoms. The van der Waals surface area contributed by atoms with E-state index in [0.29, 0.717) is 24.6 Å². The van der Waals surface area contributed by atoms with Gasteiger partial charge in [0.25, 0.3) is 0 Å². The van der Waals surface area contributed by atoms with Crippen molar-refractivity contribution in [1.29, 1.82) is 0 Å².